The van der Waals surface area contributed by atoms with Crippen LogP contribution in [0.25, 0.3) is 78.7 Å². The van der Waals surface area contributed by atoms with E-state index in [-0.39, 0.29) is 0 Å². The quantitative estimate of drug-likeness (QED) is 0.183. The second-order valence-corrected chi connectivity index (χ2v) is 14.2. The molecule has 7 aromatic carbocycles. The van der Waals surface area contributed by atoms with E-state index in [4.69, 9.17) is 15.0 Å². The van der Waals surface area contributed by atoms with Crippen LogP contribution in [0.15, 0.2) is 194 Å². The molecule has 0 N–H and O–H groups in total. The fourth-order valence-corrected chi connectivity index (χ4v) is 8.89. The molecule has 2 heterocycles. The minimum atomic E-state index is -0.539. The first kappa shape index (κ1) is 31.2. The van der Waals surface area contributed by atoms with Gasteiger partial charge in [0.1, 0.15) is 0 Å². The lowest BCUT2D eigenvalue weighted by Crippen LogP contribution is -2.29. The molecule has 2 aliphatic carbocycles. The molecule has 0 fully saturated rings. The SMILES string of the molecule is c1ccc(-c2ccc(-c3nc(-c4cccnc4)nc(-c4ccc5c(c4)-c4ccccc4-c4ccccc4C54c5ccccc5-c5ccccc54)n3)cc2)cc1. The predicted molar refractivity (Wildman–Crippen MR) is 221 cm³/mol. The molecule has 11 rings (SSSR count). The molecule has 0 saturated heterocycles. The van der Waals surface area contributed by atoms with Gasteiger partial charge in [-0.15, -0.1) is 0 Å². The molecule has 0 bridgehead atoms. The predicted octanol–water partition coefficient (Wildman–Crippen LogP) is 11.9. The largest absolute Gasteiger partial charge is 0.264 e. The van der Waals surface area contributed by atoms with Gasteiger partial charge in [-0.05, 0) is 85.0 Å². The fraction of sp³-hybridized carbons (Fsp3) is 0.0196. The Kier molecular flexibility index (Phi) is 7.04. The lowest BCUT2D eigenvalue weighted by Gasteiger charge is -2.35. The molecule has 0 saturated carbocycles. The van der Waals surface area contributed by atoms with Crippen molar-refractivity contribution < 1.29 is 0 Å². The van der Waals surface area contributed by atoms with Crippen molar-refractivity contribution in [3.05, 3.63) is 217 Å². The highest BCUT2D eigenvalue weighted by Gasteiger charge is 2.49. The van der Waals surface area contributed by atoms with Crippen molar-refractivity contribution in [1.29, 1.82) is 0 Å². The number of fused-ring (bicyclic) bond motifs is 12. The highest BCUT2D eigenvalue weighted by atomic mass is 15.0. The summed E-state index contributed by atoms with van der Waals surface area (Å²) in [5, 5.41) is 0. The third kappa shape index (κ3) is 4.78. The van der Waals surface area contributed by atoms with Gasteiger partial charge in [-0.1, -0.05) is 164 Å². The van der Waals surface area contributed by atoms with Crippen LogP contribution in [0.2, 0.25) is 0 Å². The van der Waals surface area contributed by atoms with E-state index in [2.05, 4.69) is 169 Å². The van der Waals surface area contributed by atoms with Gasteiger partial charge in [0.15, 0.2) is 17.5 Å². The highest BCUT2D eigenvalue weighted by Crippen LogP contribution is 2.61. The van der Waals surface area contributed by atoms with E-state index in [1.165, 1.54) is 55.6 Å². The summed E-state index contributed by atoms with van der Waals surface area (Å²) in [5.74, 6) is 1.80. The number of hydrogen-bond donors (Lipinski definition) is 0. The van der Waals surface area contributed by atoms with Gasteiger partial charge in [0.2, 0.25) is 0 Å². The summed E-state index contributed by atoms with van der Waals surface area (Å²) in [7, 11) is 0. The standard InChI is InChI=1S/C51H32N4/c1-2-13-33(14-3-1)34-24-26-35(27-25-34)48-53-49(55-50(54-48)37-15-12-30-52-32-37)36-28-29-47-43(31-36)39-17-5-4-16-38(39)40-18-6-9-21-44(40)51(47)45-22-10-7-19-41(45)42-20-8-11-23-46(42)51/h1-32H. The number of aromatic nitrogens is 4. The molecule has 0 aliphatic heterocycles. The zero-order chi connectivity index (χ0) is 36.3. The van der Waals surface area contributed by atoms with Crippen LogP contribution in [-0.4, -0.2) is 19.9 Å². The molecule has 2 aromatic heterocycles. The Hall–Kier alpha value is -7.30. The van der Waals surface area contributed by atoms with Crippen molar-refractivity contribution in [1.82, 2.24) is 19.9 Å². The number of hydrogen-bond acceptors (Lipinski definition) is 4. The molecule has 256 valence electrons. The fourth-order valence-electron chi connectivity index (χ4n) is 8.89. The monoisotopic (exact) mass is 700 g/mol. The Balaban J connectivity index is 1.16. The van der Waals surface area contributed by atoms with Crippen LogP contribution < -0.4 is 0 Å². The number of rotatable bonds is 4. The van der Waals surface area contributed by atoms with Crippen LogP contribution in [-0.2, 0) is 5.41 Å². The van der Waals surface area contributed by atoms with Crippen LogP contribution in [0.5, 0.6) is 0 Å². The second-order valence-electron chi connectivity index (χ2n) is 14.2. The summed E-state index contributed by atoms with van der Waals surface area (Å²) >= 11 is 0. The van der Waals surface area contributed by atoms with Gasteiger partial charge in [0, 0.05) is 29.1 Å². The van der Waals surface area contributed by atoms with E-state index in [1.807, 2.05) is 24.4 Å². The molecule has 4 heteroatoms. The lowest BCUT2D eigenvalue weighted by molar-refractivity contribution is 0.775. The molecular formula is C51H32N4. The van der Waals surface area contributed by atoms with Crippen LogP contribution in [0.4, 0.5) is 0 Å². The average molecular weight is 701 g/mol. The molecule has 0 atom stereocenters. The van der Waals surface area contributed by atoms with E-state index in [9.17, 15) is 0 Å². The van der Waals surface area contributed by atoms with E-state index >= 15 is 0 Å². The molecule has 4 nitrogen and oxygen atoms in total. The van der Waals surface area contributed by atoms with Crippen molar-refractivity contribution in [3.63, 3.8) is 0 Å². The first-order chi connectivity index (χ1) is 27.3. The molecule has 55 heavy (non-hydrogen) atoms. The third-order valence-electron chi connectivity index (χ3n) is 11.3. The maximum atomic E-state index is 5.19. The van der Waals surface area contributed by atoms with Gasteiger partial charge in [-0.25, -0.2) is 15.0 Å². The molecule has 1 spiro atoms. The Labute approximate surface area is 319 Å². The summed E-state index contributed by atoms with van der Waals surface area (Å²) in [6, 6.07) is 65.2. The Morgan fingerprint density at radius 2 is 0.709 bits per heavy atom. The Morgan fingerprint density at radius 1 is 0.291 bits per heavy atom. The van der Waals surface area contributed by atoms with Gasteiger partial charge >= 0.3 is 0 Å². The van der Waals surface area contributed by atoms with E-state index in [0.29, 0.717) is 17.5 Å². The van der Waals surface area contributed by atoms with E-state index < -0.39 is 5.41 Å². The summed E-state index contributed by atoms with van der Waals surface area (Å²) < 4.78 is 0. The van der Waals surface area contributed by atoms with Crippen molar-refractivity contribution in [2.75, 3.05) is 0 Å². The van der Waals surface area contributed by atoms with Gasteiger partial charge in [-0.2, -0.15) is 0 Å². The maximum Gasteiger partial charge on any atom is 0.165 e. The Bertz CT molecular complexity index is 2870. The molecule has 9 aromatic rings. The molecule has 0 amide bonds. The van der Waals surface area contributed by atoms with E-state index in [0.717, 1.165) is 27.8 Å². The summed E-state index contributed by atoms with van der Waals surface area (Å²) in [5.41, 5.74) is 16.9. The maximum absolute atomic E-state index is 5.19. The summed E-state index contributed by atoms with van der Waals surface area (Å²) in [6.07, 6.45) is 3.58. The van der Waals surface area contributed by atoms with E-state index in [1.54, 1.807) is 6.20 Å². The second kappa shape index (κ2) is 12.4. The zero-order valence-electron chi connectivity index (χ0n) is 29.8. The minimum absolute atomic E-state index is 0.539. The van der Waals surface area contributed by atoms with Crippen molar-refractivity contribution in [2.24, 2.45) is 0 Å². The third-order valence-corrected chi connectivity index (χ3v) is 11.3. The van der Waals surface area contributed by atoms with Crippen LogP contribution in [0.3, 0.4) is 0 Å². The van der Waals surface area contributed by atoms with Gasteiger partial charge in [-0.3, -0.25) is 4.98 Å². The topological polar surface area (TPSA) is 51.6 Å². The minimum Gasteiger partial charge on any atom is -0.264 e. The van der Waals surface area contributed by atoms with Crippen molar-refractivity contribution in [2.45, 2.75) is 5.41 Å². The Morgan fingerprint density at radius 3 is 1.31 bits per heavy atom. The summed E-state index contributed by atoms with van der Waals surface area (Å²) in [6.45, 7) is 0. The first-order valence-corrected chi connectivity index (χ1v) is 18.6. The van der Waals surface area contributed by atoms with Crippen LogP contribution >= 0.6 is 0 Å². The summed E-state index contributed by atoms with van der Waals surface area (Å²) in [4.78, 5) is 19.7. The zero-order valence-corrected chi connectivity index (χ0v) is 29.8. The van der Waals surface area contributed by atoms with Gasteiger partial charge < -0.3 is 0 Å². The highest BCUT2D eigenvalue weighted by molar-refractivity contribution is 5.98. The normalized spacial score (nSPS) is 12.9. The smallest absolute Gasteiger partial charge is 0.165 e. The molecule has 0 unspecified atom stereocenters. The van der Waals surface area contributed by atoms with Crippen LogP contribution in [0.1, 0.15) is 22.3 Å². The van der Waals surface area contributed by atoms with Crippen LogP contribution in [0, 0.1) is 0 Å². The number of nitrogens with zero attached hydrogens (tertiary/aromatic N) is 4. The molecular weight excluding hydrogens is 669 g/mol. The lowest BCUT2D eigenvalue weighted by atomic mass is 9.66. The number of pyridine rings is 1. The van der Waals surface area contributed by atoms with Gasteiger partial charge in [0.05, 0.1) is 5.41 Å². The first-order valence-electron chi connectivity index (χ1n) is 18.6. The van der Waals surface area contributed by atoms with Crippen molar-refractivity contribution >= 4 is 0 Å². The molecule has 0 radical (unpaired) electrons. The number of benzene rings is 7. The van der Waals surface area contributed by atoms with Gasteiger partial charge in [0.25, 0.3) is 0 Å². The van der Waals surface area contributed by atoms with Crippen molar-refractivity contribution in [3.8, 4) is 78.7 Å². The average Bonchev–Trinajstić information content (AvgIpc) is 3.52. The molecule has 2 aliphatic rings.